The summed E-state index contributed by atoms with van der Waals surface area (Å²) in [6.45, 7) is 7.31. The number of carbonyl (C=O) groups excluding carboxylic acids is 1. The van der Waals surface area contributed by atoms with Crippen molar-refractivity contribution in [3.05, 3.63) is 59.7 Å². The molecule has 2 aliphatic rings. The summed E-state index contributed by atoms with van der Waals surface area (Å²) >= 11 is 0. The summed E-state index contributed by atoms with van der Waals surface area (Å²) in [6.07, 6.45) is 6.68. The third kappa shape index (κ3) is 5.70. The van der Waals surface area contributed by atoms with Crippen LogP contribution in [0.5, 0.6) is 5.75 Å². The molecule has 0 spiro atoms. The normalized spacial score (nSPS) is 19.2. The zero-order valence-electron chi connectivity index (χ0n) is 19.3. The van der Waals surface area contributed by atoms with Crippen molar-refractivity contribution in [3.8, 4) is 5.75 Å². The van der Waals surface area contributed by atoms with Crippen molar-refractivity contribution in [1.29, 1.82) is 0 Å². The molecular weight excluding hydrogens is 400 g/mol. The summed E-state index contributed by atoms with van der Waals surface area (Å²) in [4.78, 5) is 15.9. The molecule has 172 valence electrons. The molecule has 0 saturated carbocycles. The molecule has 1 amide bonds. The average Bonchev–Trinajstić information content (AvgIpc) is 3.10. The summed E-state index contributed by atoms with van der Waals surface area (Å²) in [6, 6.07) is 16.1. The van der Waals surface area contributed by atoms with Gasteiger partial charge in [-0.3, -0.25) is 9.69 Å². The molecule has 2 heterocycles. The molecule has 4 rings (SSSR count). The Kier molecular flexibility index (Phi) is 7.82. The van der Waals surface area contributed by atoms with Gasteiger partial charge >= 0.3 is 0 Å². The van der Waals surface area contributed by atoms with Crippen LogP contribution in [0.4, 0.5) is 5.69 Å². The second-order valence-electron chi connectivity index (χ2n) is 9.14. The Balaban J connectivity index is 1.35. The zero-order valence-corrected chi connectivity index (χ0v) is 19.3. The van der Waals surface area contributed by atoms with Gasteiger partial charge in [-0.05, 0) is 75.5 Å². The molecule has 0 atom stereocenters. The van der Waals surface area contributed by atoms with E-state index in [0.717, 1.165) is 23.5 Å². The molecule has 2 aliphatic heterocycles. The van der Waals surface area contributed by atoms with Crippen molar-refractivity contribution in [2.75, 3.05) is 44.8 Å². The SMILES string of the molecule is Cc1ccc(C2(C(=O)Nc3ccc(OCCN4CCCCCC4)cc3)CCOCC2)cc1. The highest BCUT2D eigenvalue weighted by molar-refractivity contribution is 5.99. The lowest BCUT2D eigenvalue weighted by atomic mass is 9.73. The van der Waals surface area contributed by atoms with E-state index in [-0.39, 0.29) is 5.91 Å². The first kappa shape index (κ1) is 22.8. The zero-order chi connectivity index (χ0) is 22.2. The number of hydrogen-bond acceptors (Lipinski definition) is 4. The number of hydrogen-bond donors (Lipinski definition) is 1. The fourth-order valence-corrected chi connectivity index (χ4v) is 4.78. The summed E-state index contributed by atoms with van der Waals surface area (Å²) in [7, 11) is 0. The number of carbonyl (C=O) groups is 1. The molecule has 0 bridgehead atoms. The van der Waals surface area contributed by atoms with Gasteiger partial charge in [-0.2, -0.15) is 0 Å². The van der Waals surface area contributed by atoms with Gasteiger partial charge in [-0.25, -0.2) is 0 Å². The molecule has 5 nitrogen and oxygen atoms in total. The fourth-order valence-electron chi connectivity index (χ4n) is 4.78. The summed E-state index contributed by atoms with van der Waals surface area (Å²) < 4.78 is 11.5. The fraction of sp³-hybridized carbons (Fsp3) is 0.519. The Labute approximate surface area is 192 Å². The van der Waals surface area contributed by atoms with Crippen LogP contribution in [0.1, 0.15) is 49.7 Å². The van der Waals surface area contributed by atoms with E-state index in [1.165, 1.54) is 44.3 Å². The molecule has 0 aliphatic carbocycles. The van der Waals surface area contributed by atoms with Crippen molar-refractivity contribution in [3.63, 3.8) is 0 Å². The Morgan fingerprint density at radius 2 is 1.62 bits per heavy atom. The van der Waals surface area contributed by atoms with Gasteiger partial charge in [0.1, 0.15) is 12.4 Å². The van der Waals surface area contributed by atoms with Gasteiger partial charge in [-0.1, -0.05) is 42.7 Å². The van der Waals surface area contributed by atoms with Gasteiger partial charge in [0.25, 0.3) is 0 Å². The molecular formula is C27H36N2O3. The van der Waals surface area contributed by atoms with Gasteiger partial charge in [0.2, 0.25) is 5.91 Å². The first-order chi connectivity index (χ1) is 15.7. The van der Waals surface area contributed by atoms with Crippen molar-refractivity contribution >= 4 is 11.6 Å². The van der Waals surface area contributed by atoms with Crippen LogP contribution in [-0.4, -0.2) is 50.3 Å². The summed E-state index contributed by atoms with van der Waals surface area (Å²) in [5.74, 6) is 0.886. The molecule has 2 saturated heterocycles. The van der Waals surface area contributed by atoms with Crippen molar-refractivity contribution < 1.29 is 14.3 Å². The number of nitrogens with one attached hydrogen (secondary N) is 1. The van der Waals surface area contributed by atoms with Crippen LogP contribution in [0, 0.1) is 6.92 Å². The monoisotopic (exact) mass is 436 g/mol. The number of nitrogens with zero attached hydrogens (tertiary/aromatic N) is 1. The lowest BCUT2D eigenvalue weighted by Crippen LogP contribution is -2.44. The van der Waals surface area contributed by atoms with E-state index in [2.05, 4.69) is 41.4 Å². The van der Waals surface area contributed by atoms with Crippen LogP contribution in [0.2, 0.25) is 0 Å². The lowest BCUT2D eigenvalue weighted by molar-refractivity contribution is -0.125. The molecule has 2 aromatic rings. The van der Waals surface area contributed by atoms with Crippen molar-refractivity contribution in [2.45, 2.75) is 50.9 Å². The molecule has 1 N–H and O–H groups in total. The number of ether oxygens (including phenoxy) is 2. The Bertz CT molecular complexity index is 849. The number of aryl methyl sites for hydroxylation is 1. The maximum atomic E-state index is 13.4. The van der Waals surface area contributed by atoms with E-state index in [4.69, 9.17) is 9.47 Å². The minimum absolute atomic E-state index is 0.0412. The maximum Gasteiger partial charge on any atom is 0.235 e. The predicted octanol–water partition coefficient (Wildman–Crippen LogP) is 4.94. The minimum Gasteiger partial charge on any atom is -0.492 e. The van der Waals surface area contributed by atoms with Crippen LogP contribution < -0.4 is 10.1 Å². The van der Waals surface area contributed by atoms with E-state index in [1.54, 1.807) is 0 Å². The van der Waals surface area contributed by atoms with E-state index < -0.39 is 5.41 Å². The highest BCUT2D eigenvalue weighted by atomic mass is 16.5. The Morgan fingerprint density at radius 3 is 2.28 bits per heavy atom. The number of benzene rings is 2. The largest absolute Gasteiger partial charge is 0.492 e. The topological polar surface area (TPSA) is 50.8 Å². The smallest absolute Gasteiger partial charge is 0.235 e. The van der Waals surface area contributed by atoms with Crippen LogP contribution >= 0.6 is 0 Å². The van der Waals surface area contributed by atoms with Gasteiger partial charge in [0.15, 0.2) is 0 Å². The third-order valence-corrected chi connectivity index (χ3v) is 6.87. The van der Waals surface area contributed by atoms with Crippen LogP contribution in [0.3, 0.4) is 0 Å². The van der Waals surface area contributed by atoms with Crippen molar-refractivity contribution in [1.82, 2.24) is 4.90 Å². The lowest BCUT2D eigenvalue weighted by Gasteiger charge is -2.36. The van der Waals surface area contributed by atoms with E-state index in [9.17, 15) is 4.79 Å². The average molecular weight is 437 g/mol. The van der Waals surface area contributed by atoms with Gasteiger partial charge < -0.3 is 14.8 Å². The second-order valence-corrected chi connectivity index (χ2v) is 9.14. The quantitative estimate of drug-likeness (QED) is 0.668. The minimum atomic E-state index is -0.547. The predicted molar refractivity (Wildman–Crippen MR) is 128 cm³/mol. The van der Waals surface area contributed by atoms with Crippen LogP contribution in [-0.2, 0) is 14.9 Å². The van der Waals surface area contributed by atoms with Crippen LogP contribution in [0.15, 0.2) is 48.5 Å². The molecule has 0 aromatic heterocycles. The molecule has 32 heavy (non-hydrogen) atoms. The van der Waals surface area contributed by atoms with Gasteiger partial charge in [-0.15, -0.1) is 0 Å². The van der Waals surface area contributed by atoms with E-state index >= 15 is 0 Å². The number of amides is 1. The third-order valence-electron chi connectivity index (χ3n) is 6.87. The Morgan fingerprint density at radius 1 is 0.969 bits per heavy atom. The Hall–Kier alpha value is -2.37. The second kappa shape index (κ2) is 11.0. The summed E-state index contributed by atoms with van der Waals surface area (Å²) in [5, 5.41) is 3.15. The highest BCUT2D eigenvalue weighted by Crippen LogP contribution is 2.36. The molecule has 2 aromatic carbocycles. The summed E-state index contributed by atoms with van der Waals surface area (Å²) in [5.41, 5.74) is 2.52. The standard InChI is InChI=1S/C27H36N2O3/c1-22-6-8-23(9-7-22)27(14-19-31-20-15-27)26(30)28-24-10-12-25(13-11-24)32-21-18-29-16-4-2-3-5-17-29/h6-13H,2-5,14-21H2,1H3,(H,28,30). The first-order valence-electron chi connectivity index (χ1n) is 12.1. The molecule has 2 fully saturated rings. The number of anilines is 1. The first-order valence-corrected chi connectivity index (χ1v) is 12.1. The van der Waals surface area contributed by atoms with Crippen LogP contribution in [0.25, 0.3) is 0 Å². The number of likely N-dealkylation sites (tertiary alicyclic amines) is 1. The maximum absolute atomic E-state index is 13.4. The van der Waals surface area contributed by atoms with E-state index in [0.29, 0.717) is 32.7 Å². The van der Waals surface area contributed by atoms with Gasteiger partial charge in [0, 0.05) is 25.4 Å². The molecule has 0 unspecified atom stereocenters. The molecule has 5 heteroatoms. The van der Waals surface area contributed by atoms with Gasteiger partial charge in [0.05, 0.1) is 5.41 Å². The highest BCUT2D eigenvalue weighted by Gasteiger charge is 2.41. The van der Waals surface area contributed by atoms with E-state index in [1.807, 2.05) is 24.3 Å². The van der Waals surface area contributed by atoms with Crippen molar-refractivity contribution in [2.24, 2.45) is 0 Å². The molecule has 0 radical (unpaired) electrons. The number of rotatable bonds is 7.